The molecule has 0 aliphatic heterocycles. The molecule has 0 unspecified atom stereocenters. The second-order valence-corrected chi connectivity index (χ2v) is 13.3. The van der Waals surface area contributed by atoms with Crippen molar-refractivity contribution in [3.63, 3.8) is 0 Å². The van der Waals surface area contributed by atoms with Gasteiger partial charge in [0.25, 0.3) is 0 Å². The molecule has 0 amide bonds. The molecule has 0 saturated heterocycles. The summed E-state index contributed by atoms with van der Waals surface area (Å²) in [6.45, 7) is 0. The van der Waals surface area contributed by atoms with Gasteiger partial charge in [0.05, 0.1) is 5.69 Å². The van der Waals surface area contributed by atoms with Crippen molar-refractivity contribution in [2.75, 3.05) is 4.90 Å². The maximum atomic E-state index is 6.49. The summed E-state index contributed by atoms with van der Waals surface area (Å²) in [5.41, 5.74) is 12.0. The van der Waals surface area contributed by atoms with E-state index >= 15 is 0 Å². The van der Waals surface area contributed by atoms with Crippen LogP contribution in [0, 0.1) is 0 Å². The van der Waals surface area contributed by atoms with Crippen LogP contribution in [-0.4, -0.2) is 0 Å². The Morgan fingerprint density at radius 3 is 1.88 bits per heavy atom. The van der Waals surface area contributed by atoms with Crippen LogP contribution < -0.4 is 4.90 Å². The van der Waals surface area contributed by atoms with Gasteiger partial charge in [0.1, 0.15) is 11.2 Å². The second-order valence-electron chi connectivity index (χ2n) is 13.3. The number of fused-ring (bicyclic) bond motifs is 5. The van der Waals surface area contributed by atoms with E-state index in [0.29, 0.717) is 0 Å². The topological polar surface area (TPSA) is 16.4 Å². The maximum absolute atomic E-state index is 6.49. The molecular weight excluding hydrogens is 631 g/mol. The molecule has 0 spiro atoms. The molecule has 0 aliphatic carbocycles. The molecule has 1 heterocycles. The zero-order valence-corrected chi connectivity index (χ0v) is 28.4. The summed E-state index contributed by atoms with van der Waals surface area (Å²) in [5.74, 6) is 0. The molecule has 244 valence electrons. The maximum Gasteiger partial charge on any atom is 0.137 e. The van der Waals surface area contributed by atoms with Crippen molar-refractivity contribution in [2.45, 2.75) is 0 Å². The monoisotopic (exact) mass is 663 g/mol. The molecule has 0 saturated carbocycles. The van der Waals surface area contributed by atoms with Crippen molar-refractivity contribution >= 4 is 60.5 Å². The Morgan fingerprint density at radius 1 is 0.327 bits per heavy atom. The summed E-state index contributed by atoms with van der Waals surface area (Å²) in [6, 6.07) is 71.9. The molecule has 10 rings (SSSR count). The molecule has 0 aliphatic rings. The van der Waals surface area contributed by atoms with Gasteiger partial charge >= 0.3 is 0 Å². The Balaban J connectivity index is 1.28. The number of rotatable bonds is 6. The number of furan rings is 1. The molecule has 0 radical (unpaired) electrons. The fraction of sp³-hybridized carbons (Fsp3) is 0. The first-order valence-corrected chi connectivity index (χ1v) is 17.8. The third-order valence-corrected chi connectivity index (χ3v) is 10.2. The van der Waals surface area contributed by atoms with Gasteiger partial charge in [-0.3, -0.25) is 0 Å². The highest BCUT2D eigenvalue weighted by Gasteiger charge is 2.23. The summed E-state index contributed by atoms with van der Waals surface area (Å²) >= 11 is 0. The molecule has 0 N–H and O–H groups in total. The van der Waals surface area contributed by atoms with E-state index in [-0.39, 0.29) is 0 Å². The molecule has 1 aromatic heterocycles. The Bertz CT molecular complexity index is 2910. The van der Waals surface area contributed by atoms with Crippen LogP contribution in [0.1, 0.15) is 0 Å². The zero-order chi connectivity index (χ0) is 34.4. The van der Waals surface area contributed by atoms with Crippen molar-refractivity contribution in [2.24, 2.45) is 0 Å². The minimum absolute atomic E-state index is 0.861. The number of nitrogens with zero attached hydrogens (tertiary/aromatic N) is 1. The minimum Gasteiger partial charge on any atom is -0.456 e. The van der Waals surface area contributed by atoms with Gasteiger partial charge in [0.2, 0.25) is 0 Å². The van der Waals surface area contributed by atoms with Crippen molar-refractivity contribution < 1.29 is 4.42 Å². The highest BCUT2D eigenvalue weighted by Crippen LogP contribution is 2.48. The standard InChI is InChI=1S/C50H33NO/c1-2-13-34(14-3-1)38-19-10-20-40(32-38)51(41-29-30-45-44-22-8-9-26-48(44)52-49(45)33-41)47-25-12-24-46(43-23-11-18-36-16-6-7-21-42(36)43)50(47)39-28-27-35-15-4-5-17-37(35)31-39/h1-33H. The van der Waals surface area contributed by atoms with Gasteiger partial charge in [0.15, 0.2) is 0 Å². The first kappa shape index (κ1) is 30.0. The first-order chi connectivity index (χ1) is 25.8. The van der Waals surface area contributed by atoms with Crippen LogP contribution in [0.5, 0.6) is 0 Å². The largest absolute Gasteiger partial charge is 0.456 e. The van der Waals surface area contributed by atoms with Gasteiger partial charge in [-0.2, -0.15) is 0 Å². The normalized spacial score (nSPS) is 11.5. The number of para-hydroxylation sites is 1. The number of benzene rings is 9. The van der Waals surface area contributed by atoms with E-state index in [1.165, 1.54) is 43.8 Å². The predicted molar refractivity (Wildman–Crippen MR) is 220 cm³/mol. The predicted octanol–water partition coefficient (Wildman–Crippen LogP) is 14.4. The highest BCUT2D eigenvalue weighted by atomic mass is 16.3. The van der Waals surface area contributed by atoms with E-state index in [2.05, 4.69) is 193 Å². The fourth-order valence-electron chi connectivity index (χ4n) is 7.80. The Morgan fingerprint density at radius 2 is 0.981 bits per heavy atom. The molecule has 2 nitrogen and oxygen atoms in total. The summed E-state index contributed by atoms with van der Waals surface area (Å²) in [7, 11) is 0. The van der Waals surface area contributed by atoms with Crippen LogP contribution in [-0.2, 0) is 0 Å². The molecule has 0 bridgehead atoms. The van der Waals surface area contributed by atoms with Gasteiger partial charge in [-0.25, -0.2) is 0 Å². The van der Waals surface area contributed by atoms with Crippen LogP contribution in [0.2, 0.25) is 0 Å². The number of anilines is 3. The van der Waals surface area contributed by atoms with Crippen molar-refractivity contribution in [1.82, 2.24) is 0 Å². The van der Waals surface area contributed by atoms with Crippen molar-refractivity contribution in [3.05, 3.63) is 200 Å². The molecular formula is C50H33NO. The van der Waals surface area contributed by atoms with Gasteiger partial charge in [-0.05, 0) is 91.8 Å². The average molecular weight is 664 g/mol. The summed E-state index contributed by atoms with van der Waals surface area (Å²) in [4.78, 5) is 2.40. The lowest BCUT2D eigenvalue weighted by molar-refractivity contribution is 0.669. The molecule has 0 fully saturated rings. The van der Waals surface area contributed by atoms with Crippen LogP contribution in [0.4, 0.5) is 17.1 Å². The summed E-state index contributed by atoms with van der Waals surface area (Å²) in [5, 5.41) is 7.11. The van der Waals surface area contributed by atoms with Crippen LogP contribution in [0.25, 0.3) is 76.9 Å². The summed E-state index contributed by atoms with van der Waals surface area (Å²) in [6.07, 6.45) is 0. The molecule has 0 atom stereocenters. The third kappa shape index (κ3) is 5.12. The quantitative estimate of drug-likeness (QED) is 0.176. The van der Waals surface area contributed by atoms with E-state index in [1.807, 2.05) is 12.1 Å². The van der Waals surface area contributed by atoms with Gasteiger partial charge in [-0.1, -0.05) is 152 Å². The third-order valence-electron chi connectivity index (χ3n) is 10.2. The average Bonchev–Trinajstić information content (AvgIpc) is 3.59. The van der Waals surface area contributed by atoms with Crippen molar-refractivity contribution in [1.29, 1.82) is 0 Å². The first-order valence-electron chi connectivity index (χ1n) is 17.8. The Kier molecular flexibility index (Phi) is 7.18. The smallest absolute Gasteiger partial charge is 0.137 e. The highest BCUT2D eigenvalue weighted by molar-refractivity contribution is 6.08. The van der Waals surface area contributed by atoms with Crippen LogP contribution in [0.3, 0.4) is 0 Å². The fourth-order valence-corrected chi connectivity index (χ4v) is 7.80. The minimum atomic E-state index is 0.861. The number of hydrogen-bond donors (Lipinski definition) is 0. The van der Waals surface area contributed by atoms with Gasteiger partial charge in [0, 0.05) is 33.8 Å². The Hall–Kier alpha value is -6.90. The van der Waals surface area contributed by atoms with Crippen LogP contribution in [0.15, 0.2) is 205 Å². The Labute approximate surface area is 302 Å². The number of hydrogen-bond acceptors (Lipinski definition) is 2. The molecule has 9 aromatic carbocycles. The lowest BCUT2D eigenvalue weighted by atomic mass is 9.88. The van der Waals surface area contributed by atoms with Gasteiger partial charge in [-0.15, -0.1) is 0 Å². The van der Waals surface area contributed by atoms with E-state index < -0.39 is 0 Å². The van der Waals surface area contributed by atoms with E-state index in [4.69, 9.17) is 4.42 Å². The summed E-state index contributed by atoms with van der Waals surface area (Å²) < 4.78 is 6.49. The molecule has 2 heteroatoms. The van der Waals surface area contributed by atoms with Crippen LogP contribution >= 0.6 is 0 Å². The molecule has 10 aromatic rings. The van der Waals surface area contributed by atoms with E-state index in [0.717, 1.165) is 50.1 Å². The second kappa shape index (κ2) is 12.5. The van der Waals surface area contributed by atoms with E-state index in [1.54, 1.807) is 0 Å². The lowest BCUT2D eigenvalue weighted by Crippen LogP contribution is -2.12. The SMILES string of the molecule is c1ccc(-c2cccc(N(c3ccc4c(c3)oc3ccccc34)c3cccc(-c4cccc5ccccc45)c3-c3ccc4ccccc4c3)c2)cc1. The van der Waals surface area contributed by atoms with Gasteiger partial charge < -0.3 is 9.32 Å². The molecule has 52 heavy (non-hydrogen) atoms. The zero-order valence-electron chi connectivity index (χ0n) is 28.4. The lowest BCUT2D eigenvalue weighted by Gasteiger charge is -2.30. The van der Waals surface area contributed by atoms with Crippen molar-refractivity contribution in [3.8, 4) is 33.4 Å². The van der Waals surface area contributed by atoms with E-state index in [9.17, 15) is 0 Å².